The van der Waals surface area contributed by atoms with Gasteiger partial charge in [-0.15, -0.1) is 0 Å². The second kappa shape index (κ2) is 8.16. The lowest BCUT2D eigenvalue weighted by molar-refractivity contribution is 0.311. The van der Waals surface area contributed by atoms with Gasteiger partial charge in [0.15, 0.2) is 0 Å². The number of anilines is 2. The first kappa shape index (κ1) is 16.8. The summed E-state index contributed by atoms with van der Waals surface area (Å²) in [4.78, 5) is 12.8. The second-order valence-electron chi connectivity index (χ2n) is 5.33. The van der Waals surface area contributed by atoms with E-state index in [1.54, 1.807) is 18.5 Å². The van der Waals surface area contributed by atoms with Crippen molar-refractivity contribution in [1.29, 1.82) is 0 Å². The number of nitrogens with zero attached hydrogens (tertiary/aromatic N) is 3. The van der Waals surface area contributed by atoms with Crippen molar-refractivity contribution in [3.05, 3.63) is 66.2 Å². The van der Waals surface area contributed by atoms with Gasteiger partial charge in [0.1, 0.15) is 11.6 Å². The van der Waals surface area contributed by atoms with Gasteiger partial charge in [-0.25, -0.2) is 9.37 Å². The Labute approximate surface area is 144 Å². The number of benzene rings is 1. The zero-order chi connectivity index (χ0) is 17.5. The van der Waals surface area contributed by atoms with E-state index in [4.69, 9.17) is 5.11 Å². The van der Waals surface area contributed by atoms with Crippen LogP contribution in [0.15, 0.2) is 54.9 Å². The molecule has 0 saturated carbocycles. The van der Waals surface area contributed by atoms with Gasteiger partial charge in [0.2, 0.25) is 5.95 Å². The number of pyridine rings is 1. The van der Waals surface area contributed by atoms with Crippen molar-refractivity contribution in [2.24, 2.45) is 0 Å². The minimum atomic E-state index is -0.273. The number of halogens is 1. The van der Waals surface area contributed by atoms with Crippen LogP contribution < -0.4 is 10.6 Å². The van der Waals surface area contributed by atoms with Gasteiger partial charge >= 0.3 is 0 Å². The number of hydrogen-bond donors (Lipinski definition) is 3. The average molecular weight is 339 g/mol. The van der Waals surface area contributed by atoms with Gasteiger partial charge in [0, 0.05) is 37.1 Å². The summed E-state index contributed by atoms with van der Waals surface area (Å²) in [6, 6.07) is 11.9. The van der Waals surface area contributed by atoms with E-state index in [1.165, 1.54) is 12.1 Å². The van der Waals surface area contributed by atoms with Gasteiger partial charge in [-0.1, -0.05) is 12.1 Å². The molecule has 0 radical (unpaired) electrons. The monoisotopic (exact) mass is 339 g/mol. The first-order valence-electron chi connectivity index (χ1n) is 7.87. The SMILES string of the molecule is OCCNc1nc(NCc2cccc(F)c2)cc(-c2ccncc2)n1. The molecule has 25 heavy (non-hydrogen) atoms. The molecule has 3 rings (SSSR count). The predicted molar refractivity (Wildman–Crippen MR) is 94.6 cm³/mol. The van der Waals surface area contributed by atoms with Gasteiger partial charge in [-0.3, -0.25) is 4.98 Å². The highest BCUT2D eigenvalue weighted by Gasteiger charge is 2.07. The largest absolute Gasteiger partial charge is 0.395 e. The van der Waals surface area contributed by atoms with Crippen molar-refractivity contribution in [2.45, 2.75) is 6.54 Å². The van der Waals surface area contributed by atoms with Crippen molar-refractivity contribution in [1.82, 2.24) is 15.0 Å². The minimum absolute atomic E-state index is 0.0189. The van der Waals surface area contributed by atoms with Gasteiger partial charge in [-0.05, 0) is 29.8 Å². The third-order valence-electron chi connectivity index (χ3n) is 3.46. The van der Waals surface area contributed by atoms with Crippen LogP contribution in [0.4, 0.5) is 16.2 Å². The van der Waals surface area contributed by atoms with Crippen LogP contribution >= 0.6 is 0 Å². The normalized spacial score (nSPS) is 10.5. The highest BCUT2D eigenvalue weighted by Crippen LogP contribution is 2.21. The lowest BCUT2D eigenvalue weighted by Crippen LogP contribution is -2.11. The number of hydrogen-bond acceptors (Lipinski definition) is 6. The summed E-state index contributed by atoms with van der Waals surface area (Å²) in [5.74, 6) is 0.737. The molecule has 6 nitrogen and oxygen atoms in total. The maximum Gasteiger partial charge on any atom is 0.225 e. The Morgan fingerprint density at radius 3 is 2.60 bits per heavy atom. The summed E-state index contributed by atoms with van der Waals surface area (Å²) in [5.41, 5.74) is 2.44. The van der Waals surface area contributed by atoms with E-state index in [0.717, 1.165) is 16.8 Å². The van der Waals surface area contributed by atoms with Crippen LogP contribution in [0, 0.1) is 5.82 Å². The Bertz CT molecular complexity index is 829. The number of aliphatic hydroxyl groups excluding tert-OH is 1. The van der Waals surface area contributed by atoms with Crippen LogP contribution in [0.1, 0.15) is 5.56 Å². The topological polar surface area (TPSA) is 83.0 Å². The molecule has 3 aromatic rings. The zero-order valence-electron chi connectivity index (χ0n) is 13.5. The van der Waals surface area contributed by atoms with Crippen molar-refractivity contribution in [3.8, 4) is 11.3 Å². The molecular weight excluding hydrogens is 321 g/mol. The predicted octanol–water partition coefficient (Wildman–Crippen LogP) is 2.69. The van der Waals surface area contributed by atoms with Crippen LogP contribution in [0.25, 0.3) is 11.3 Å². The van der Waals surface area contributed by atoms with Crippen LogP contribution in [-0.2, 0) is 6.54 Å². The molecule has 7 heteroatoms. The molecule has 0 bridgehead atoms. The smallest absolute Gasteiger partial charge is 0.225 e. The van der Waals surface area contributed by atoms with Crippen LogP contribution in [-0.4, -0.2) is 33.2 Å². The molecule has 1 aromatic carbocycles. The third kappa shape index (κ3) is 4.71. The minimum Gasteiger partial charge on any atom is -0.395 e. The van der Waals surface area contributed by atoms with Gasteiger partial charge in [0.05, 0.1) is 12.3 Å². The number of rotatable bonds is 7. The van der Waals surface area contributed by atoms with E-state index >= 15 is 0 Å². The van der Waals surface area contributed by atoms with E-state index in [2.05, 4.69) is 25.6 Å². The summed E-state index contributed by atoms with van der Waals surface area (Å²) in [5, 5.41) is 15.1. The van der Waals surface area contributed by atoms with Gasteiger partial charge in [-0.2, -0.15) is 4.98 Å². The Morgan fingerprint density at radius 2 is 1.84 bits per heavy atom. The van der Waals surface area contributed by atoms with E-state index in [0.29, 0.717) is 24.9 Å². The number of nitrogens with one attached hydrogen (secondary N) is 2. The fourth-order valence-corrected chi connectivity index (χ4v) is 2.29. The molecular formula is C18H18FN5O. The summed E-state index contributed by atoms with van der Waals surface area (Å²) in [7, 11) is 0. The molecule has 128 valence electrons. The van der Waals surface area contributed by atoms with E-state index in [-0.39, 0.29) is 12.4 Å². The van der Waals surface area contributed by atoms with Crippen molar-refractivity contribution in [2.75, 3.05) is 23.8 Å². The molecule has 0 aliphatic heterocycles. The Morgan fingerprint density at radius 1 is 1.00 bits per heavy atom. The molecule has 0 fully saturated rings. The Kier molecular flexibility index (Phi) is 5.48. The maximum absolute atomic E-state index is 13.3. The molecule has 0 saturated heterocycles. The average Bonchev–Trinajstić information content (AvgIpc) is 2.65. The van der Waals surface area contributed by atoms with E-state index in [1.807, 2.05) is 24.3 Å². The van der Waals surface area contributed by atoms with Crippen LogP contribution in [0.3, 0.4) is 0 Å². The molecule has 0 atom stereocenters. The highest BCUT2D eigenvalue weighted by molar-refractivity contribution is 5.63. The van der Waals surface area contributed by atoms with E-state index in [9.17, 15) is 4.39 Å². The fraction of sp³-hybridized carbons (Fsp3) is 0.167. The summed E-state index contributed by atoms with van der Waals surface area (Å²) in [6.07, 6.45) is 3.39. The molecule has 0 aliphatic rings. The zero-order valence-corrected chi connectivity index (χ0v) is 13.5. The standard InChI is InChI=1S/C18H18FN5O/c19-15-3-1-2-13(10-15)12-22-17-11-16(14-4-6-20-7-5-14)23-18(24-17)21-8-9-25/h1-7,10-11,25H,8-9,12H2,(H2,21,22,23,24). The molecule has 3 N–H and O–H groups in total. The first-order chi connectivity index (χ1) is 12.2. The quantitative estimate of drug-likeness (QED) is 0.614. The summed E-state index contributed by atoms with van der Waals surface area (Å²) in [6.45, 7) is 0.766. The molecule has 0 unspecified atom stereocenters. The molecule has 2 aromatic heterocycles. The Balaban J connectivity index is 1.84. The van der Waals surface area contributed by atoms with Gasteiger partial charge in [0.25, 0.3) is 0 Å². The lowest BCUT2D eigenvalue weighted by atomic mass is 10.2. The molecule has 0 amide bonds. The number of aliphatic hydroxyl groups is 1. The maximum atomic E-state index is 13.3. The molecule has 0 aliphatic carbocycles. The van der Waals surface area contributed by atoms with Crippen molar-refractivity contribution < 1.29 is 9.50 Å². The Hall–Kier alpha value is -3.06. The summed E-state index contributed by atoms with van der Waals surface area (Å²) >= 11 is 0. The third-order valence-corrected chi connectivity index (χ3v) is 3.46. The van der Waals surface area contributed by atoms with Crippen molar-refractivity contribution >= 4 is 11.8 Å². The van der Waals surface area contributed by atoms with Crippen LogP contribution in [0.2, 0.25) is 0 Å². The van der Waals surface area contributed by atoms with Crippen molar-refractivity contribution in [3.63, 3.8) is 0 Å². The fourth-order valence-electron chi connectivity index (χ4n) is 2.29. The highest BCUT2D eigenvalue weighted by atomic mass is 19.1. The molecule has 2 heterocycles. The second-order valence-corrected chi connectivity index (χ2v) is 5.33. The van der Waals surface area contributed by atoms with E-state index < -0.39 is 0 Å². The van der Waals surface area contributed by atoms with Crippen LogP contribution in [0.5, 0.6) is 0 Å². The summed E-state index contributed by atoms with van der Waals surface area (Å²) < 4.78 is 13.3. The molecule has 0 spiro atoms. The van der Waals surface area contributed by atoms with Gasteiger partial charge < -0.3 is 15.7 Å². The first-order valence-corrected chi connectivity index (χ1v) is 7.87. The lowest BCUT2D eigenvalue weighted by Gasteiger charge is -2.11. The number of aromatic nitrogens is 3.